The van der Waals surface area contributed by atoms with Crippen molar-refractivity contribution in [2.24, 2.45) is 5.92 Å². The molecule has 2 amide bonds. The van der Waals surface area contributed by atoms with Gasteiger partial charge in [-0.3, -0.25) is 14.4 Å². The quantitative estimate of drug-likeness (QED) is 0.737. The lowest BCUT2D eigenvalue weighted by molar-refractivity contribution is -0.141. The number of rotatable bonds is 7. The molecule has 1 heterocycles. The van der Waals surface area contributed by atoms with Gasteiger partial charge in [-0.2, -0.15) is 0 Å². The van der Waals surface area contributed by atoms with E-state index in [2.05, 4.69) is 10.6 Å². The Hall–Kier alpha value is -1.89. The number of methoxy groups -OCH3 is 1. The Labute approximate surface area is 146 Å². The molecule has 0 aromatic carbocycles. The first-order chi connectivity index (χ1) is 11.5. The van der Waals surface area contributed by atoms with Crippen LogP contribution in [0.15, 0.2) is 17.5 Å². The lowest BCUT2D eigenvalue weighted by atomic mass is 10.1. The van der Waals surface area contributed by atoms with Gasteiger partial charge < -0.3 is 15.4 Å². The smallest absolute Gasteiger partial charge is 0.307 e. The molecule has 132 valence electrons. The number of nitrogens with one attached hydrogen (secondary N) is 2. The number of ether oxygens (including phenoxy) is 1. The van der Waals surface area contributed by atoms with Gasteiger partial charge in [-0.25, -0.2) is 0 Å². The van der Waals surface area contributed by atoms with Crippen LogP contribution in [0.2, 0.25) is 0 Å². The van der Waals surface area contributed by atoms with Crippen molar-refractivity contribution >= 4 is 29.1 Å². The maximum Gasteiger partial charge on any atom is 0.307 e. The summed E-state index contributed by atoms with van der Waals surface area (Å²) in [5.41, 5.74) is 0. The van der Waals surface area contributed by atoms with Crippen molar-refractivity contribution in [1.29, 1.82) is 0 Å². The molecule has 1 aliphatic carbocycles. The predicted molar refractivity (Wildman–Crippen MR) is 91.4 cm³/mol. The zero-order valence-corrected chi connectivity index (χ0v) is 14.9. The van der Waals surface area contributed by atoms with Gasteiger partial charge in [-0.1, -0.05) is 18.9 Å². The minimum absolute atomic E-state index is 0.0170. The first kappa shape index (κ1) is 18.4. The first-order valence-corrected chi connectivity index (χ1v) is 9.10. The number of thiophene rings is 1. The standard InChI is InChI=1S/C17H24N2O4S/c1-11(18-17(22)12-6-3-4-7-12)16(21)19-13(10-15(20)23-2)14-8-5-9-24-14/h5,8-9,11-13H,3-4,6-7,10H2,1-2H3,(H,18,22)(H,19,21)/t11-,13-/m1/s1. The first-order valence-electron chi connectivity index (χ1n) is 8.22. The Morgan fingerprint density at radius 3 is 2.58 bits per heavy atom. The molecule has 1 saturated carbocycles. The van der Waals surface area contributed by atoms with Crippen molar-refractivity contribution in [3.63, 3.8) is 0 Å². The number of esters is 1. The summed E-state index contributed by atoms with van der Waals surface area (Å²) in [6.07, 6.45) is 3.98. The van der Waals surface area contributed by atoms with E-state index < -0.39 is 18.1 Å². The average molecular weight is 352 g/mol. The highest BCUT2D eigenvalue weighted by Gasteiger charge is 2.27. The highest BCUT2D eigenvalue weighted by Crippen LogP contribution is 2.25. The van der Waals surface area contributed by atoms with E-state index in [1.807, 2.05) is 17.5 Å². The van der Waals surface area contributed by atoms with E-state index in [4.69, 9.17) is 4.74 Å². The van der Waals surface area contributed by atoms with Gasteiger partial charge in [-0.05, 0) is 31.2 Å². The molecule has 1 fully saturated rings. The molecule has 7 heteroatoms. The summed E-state index contributed by atoms with van der Waals surface area (Å²) in [6.45, 7) is 1.66. The summed E-state index contributed by atoms with van der Waals surface area (Å²) in [6, 6.07) is 2.64. The molecule has 2 atom stereocenters. The van der Waals surface area contributed by atoms with Gasteiger partial charge in [0, 0.05) is 10.8 Å². The van der Waals surface area contributed by atoms with Crippen LogP contribution in [0.25, 0.3) is 0 Å². The van der Waals surface area contributed by atoms with Crippen LogP contribution in [-0.2, 0) is 19.1 Å². The van der Waals surface area contributed by atoms with E-state index in [1.165, 1.54) is 18.4 Å². The van der Waals surface area contributed by atoms with E-state index in [9.17, 15) is 14.4 Å². The maximum absolute atomic E-state index is 12.4. The minimum Gasteiger partial charge on any atom is -0.469 e. The Morgan fingerprint density at radius 2 is 2.00 bits per heavy atom. The van der Waals surface area contributed by atoms with Gasteiger partial charge in [0.1, 0.15) is 6.04 Å². The molecule has 0 spiro atoms. The number of carbonyl (C=O) groups excluding carboxylic acids is 3. The summed E-state index contributed by atoms with van der Waals surface area (Å²) < 4.78 is 4.70. The van der Waals surface area contributed by atoms with Crippen molar-refractivity contribution < 1.29 is 19.1 Å². The van der Waals surface area contributed by atoms with Gasteiger partial charge in [0.15, 0.2) is 0 Å². The Morgan fingerprint density at radius 1 is 1.29 bits per heavy atom. The van der Waals surface area contributed by atoms with Crippen LogP contribution >= 0.6 is 11.3 Å². The van der Waals surface area contributed by atoms with Crippen LogP contribution in [-0.4, -0.2) is 30.9 Å². The van der Waals surface area contributed by atoms with Crippen LogP contribution in [0, 0.1) is 5.92 Å². The highest BCUT2D eigenvalue weighted by atomic mass is 32.1. The predicted octanol–water partition coefficient (Wildman–Crippen LogP) is 2.16. The monoisotopic (exact) mass is 352 g/mol. The summed E-state index contributed by atoms with van der Waals surface area (Å²) in [5, 5.41) is 7.50. The van der Waals surface area contributed by atoms with Crippen LogP contribution < -0.4 is 10.6 Å². The van der Waals surface area contributed by atoms with Gasteiger partial charge in [-0.15, -0.1) is 11.3 Å². The van der Waals surface area contributed by atoms with Crippen LogP contribution in [0.3, 0.4) is 0 Å². The largest absolute Gasteiger partial charge is 0.469 e. The molecule has 0 saturated heterocycles. The van der Waals surface area contributed by atoms with E-state index >= 15 is 0 Å². The second-order valence-corrected chi connectivity index (χ2v) is 7.05. The SMILES string of the molecule is COC(=O)C[C@@H](NC(=O)[C@@H](C)NC(=O)C1CCCC1)c1cccs1. The normalized spacial score (nSPS) is 17.1. The van der Waals surface area contributed by atoms with Crippen molar-refractivity contribution in [1.82, 2.24) is 10.6 Å². The molecule has 24 heavy (non-hydrogen) atoms. The summed E-state index contributed by atoms with van der Waals surface area (Å²) in [5.74, 6) is -0.737. The number of amides is 2. The summed E-state index contributed by atoms with van der Waals surface area (Å²) >= 11 is 1.46. The van der Waals surface area contributed by atoms with E-state index in [1.54, 1.807) is 6.92 Å². The summed E-state index contributed by atoms with van der Waals surface area (Å²) in [7, 11) is 1.32. The zero-order chi connectivity index (χ0) is 17.5. The Kier molecular flexibility index (Phi) is 6.78. The molecule has 2 N–H and O–H groups in total. The lowest BCUT2D eigenvalue weighted by Gasteiger charge is -2.21. The fraction of sp³-hybridized carbons (Fsp3) is 0.588. The second-order valence-electron chi connectivity index (χ2n) is 6.07. The molecule has 1 aromatic rings. The fourth-order valence-electron chi connectivity index (χ4n) is 2.84. The Bertz CT molecular complexity index is 567. The third-order valence-corrected chi connectivity index (χ3v) is 5.27. The van der Waals surface area contributed by atoms with Crippen molar-refractivity contribution in [2.45, 2.75) is 51.1 Å². The summed E-state index contributed by atoms with van der Waals surface area (Å²) in [4.78, 5) is 37.0. The molecule has 0 radical (unpaired) electrons. The molecule has 1 aromatic heterocycles. The third-order valence-electron chi connectivity index (χ3n) is 4.28. The van der Waals surface area contributed by atoms with E-state index in [0.29, 0.717) is 0 Å². The maximum atomic E-state index is 12.4. The molecule has 0 unspecified atom stereocenters. The molecule has 0 bridgehead atoms. The van der Waals surface area contributed by atoms with Gasteiger partial charge in [0.2, 0.25) is 11.8 Å². The van der Waals surface area contributed by atoms with E-state index in [-0.39, 0.29) is 24.2 Å². The van der Waals surface area contributed by atoms with Crippen LogP contribution in [0.4, 0.5) is 0 Å². The molecule has 6 nitrogen and oxygen atoms in total. The fourth-order valence-corrected chi connectivity index (χ4v) is 3.62. The van der Waals surface area contributed by atoms with Crippen molar-refractivity contribution in [3.05, 3.63) is 22.4 Å². The molecule has 2 rings (SSSR count). The van der Waals surface area contributed by atoms with E-state index in [0.717, 1.165) is 30.6 Å². The molecule has 0 aliphatic heterocycles. The third kappa shape index (κ3) is 5.06. The van der Waals surface area contributed by atoms with Crippen molar-refractivity contribution in [2.75, 3.05) is 7.11 Å². The van der Waals surface area contributed by atoms with Crippen LogP contribution in [0.5, 0.6) is 0 Å². The van der Waals surface area contributed by atoms with Gasteiger partial charge in [0.25, 0.3) is 0 Å². The topological polar surface area (TPSA) is 84.5 Å². The van der Waals surface area contributed by atoms with Gasteiger partial charge >= 0.3 is 5.97 Å². The molecular formula is C17H24N2O4S. The molecule has 1 aliphatic rings. The number of carbonyl (C=O) groups is 3. The van der Waals surface area contributed by atoms with Gasteiger partial charge in [0.05, 0.1) is 19.6 Å². The average Bonchev–Trinajstić information content (AvgIpc) is 3.26. The Balaban J connectivity index is 1.93. The highest BCUT2D eigenvalue weighted by molar-refractivity contribution is 7.10. The minimum atomic E-state index is -0.641. The van der Waals surface area contributed by atoms with Crippen LogP contribution in [0.1, 0.15) is 49.9 Å². The lowest BCUT2D eigenvalue weighted by Crippen LogP contribution is -2.47. The molecular weight excluding hydrogens is 328 g/mol. The van der Waals surface area contributed by atoms with Crippen molar-refractivity contribution in [3.8, 4) is 0 Å². The zero-order valence-electron chi connectivity index (χ0n) is 14.0. The number of hydrogen-bond donors (Lipinski definition) is 2. The second kappa shape index (κ2) is 8.82. The number of hydrogen-bond acceptors (Lipinski definition) is 5.